The summed E-state index contributed by atoms with van der Waals surface area (Å²) in [6.07, 6.45) is 5.87. The van der Waals surface area contributed by atoms with Crippen molar-refractivity contribution in [2.75, 3.05) is 23.7 Å². The summed E-state index contributed by atoms with van der Waals surface area (Å²) in [6.45, 7) is 0. The predicted molar refractivity (Wildman–Crippen MR) is 126 cm³/mol. The Bertz CT molecular complexity index is 1170. The molecule has 1 amide bonds. The number of carbonyl (C=O) groups excluding carboxylic acids is 1. The summed E-state index contributed by atoms with van der Waals surface area (Å²) in [4.78, 5) is 28.8. The number of amides is 1. The number of aromatic nitrogens is 2. The van der Waals surface area contributed by atoms with E-state index in [2.05, 4.69) is 15.3 Å². The third-order valence-electron chi connectivity index (χ3n) is 4.72. The SMILES string of the molecule is CON1C(=O)C(c2c(Cl)cccc2Cl)=CCc2cnc(Nc3cccc(SC)c3)nc21. The Morgan fingerprint density at radius 1 is 1.16 bits per heavy atom. The molecule has 0 saturated heterocycles. The van der Waals surface area contributed by atoms with Crippen molar-refractivity contribution in [3.05, 3.63) is 75.9 Å². The fourth-order valence-electron chi connectivity index (χ4n) is 3.25. The molecule has 0 bridgehead atoms. The van der Waals surface area contributed by atoms with E-state index in [-0.39, 0.29) is 0 Å². The van der Waals surface area contributed by atoms with Crippen LogP contribution in [0, 0.1) is 0 Å². The number of fused-ring (bicyclic) bond motifs is 1. The molecule has 31 heavy (non-hydrogen) atoms. The van der Waals surface area contributed by atoms with Gasteiger partial charge in [-0.3, -0.25) is 9.63 Å². The van der Waals surface area contributed by atoms with Gasteiger partial charge >= 0.3 is 0 Å². The van der Waals surface area contributed by atoms with Gasteiger partial charge in [0.05, 0.1) is 17.2 Å². The van der Waals surface area contributed by atoms with E-state index in [1.54, 1.807) is 42.2 Å². The Hall–Kier alpha value is -2.58. The zero-order valence-corrected chi connectivity index (χ0v) is 19.1. The Morgan fingerprint density at radius 3 is 2.61 bits per heavy atom. The van der Waals surface area contributed by atoms with E-state index in [1.807, 2.05) is 30.5 Å². The monoisotopic (exact) mass is 472 g/mol. The standard InChI is InChI=1S/C22H18Cl2N4O2S/c1-30-28-20-13(9-10-16(21(28)29)19-17(23)7-4-8-18(19)24)12-25-22(27-20)26-14-5-3-6-15(11-14)31-2/h3-8,10-12H,9H2,1-2H3,(H,25,26,27). The molecule has 4 rings (SSSR count). The van der Waals surface area contributed by atoms with Crippen LogP contribution in [0.25, 0.3) is 5.57 Å². The molecule has 9 heteroatoms. The molecule has 6 nitrogen and oxygen atoms in total. The van der Waals surface area contributed by atoms with Gasteiger partial charge in [-0.25, -0.2) is 4.98 Å². The van der Waals surface area contributed by atoms with E-state index in [4.69, 9.17) is 28.0 Å². The van der Waals surface area contributed by atoms with Gasteiger partial charge in [0.15, 0.2) is 5.82 Å². The second-order valence-corrected chi connectivity index (χ2v) is 8.29. The van der Waals surface area contributed by atoms with Crippen molar-refractivity contribution in [2.24, 2.45) is 0 Å². The number of nitrogens with one attached hydrogen (secondary N) is 1. The number of carbonyl (C=O) groups is 1. The summed E-state index contributed by atoms with van der Waals surface area (Å²) >= 11 is 14.3. The highest BCUT2D eigenvalue weighted by atomic mass is 35.5. The molecule has 1 aliphatic rings. The number of hydroxylamine groups is 1. The maximum absolute atomic E-state index is 13.3. The van der Waals surface area contributed by atoms with Crippen LogP contribution in [0.1, 0.15) is 11.1 Å². The molecule has 0 unspecified atom stereocenters. The summed E-state index contributed by atoms with van der Waals surface area (Å²) in [5.74, 6) is 0.303. The zero-order valence-electron chi connectivity index (χ0n) is 16.7. The molecule has 3 aromatic rings. The maximum Gasteiger partial charge on any atom is 0.284 e. The first-order valence-corrected chi connectivity index (χ1v) is 11.3. The van der Waals surface area contributed by atoms with Crippen LogP contribution in [0.3, 0.4) is 0 Å². The second kappa shape index (κ2) is 9.28. The van der Waals surface area contributed by atoms with Crippen LogP contribution in [0.5, 0.6) is 0 Å². The molecule has 0 aliphatic carbocycles. The van der Waals surface area contributed by atoms with Crippen LogP contribution in [-0.4, -0.2) is 29.2 Å². The number of hydrogen-bond donors (Lipinski definition) is 1. The van der Waals surface area contributed by atoms with Crippen molar-refractivity contribution < 1.29 is 9.63 Å². The first-order valence-electron chi connectivity index (χ1n) is 9.32. The van der Waals surface area contributed by atoms with Crippen LogP contribution < -0.4 is 10.4 Å². The summed E-state index contributed by atoms with van der Waals surface area (Å²) < 4.78 is 0. The minimum Gasteiger partial charge on any atom is -0.324 e. The first-order chi connectivity index (χ1) is 15.0. The zero-order chi connectivity index (χ0) is 22.0. The highest BCUT2D eigenvalue weighted by Crippen LogP contribution is 2.36. The fraction of sp³-hybridized carbons (Fsp3) is 0.136. The molecule has 2 aromatic carbocycles. The Morgan fingerprint density at radius 2 is 1.90 bits per heavy atom. The van der Waals surface area contributed by atoms with Crippen molar-refractivity contribution >= 4 is 63.9 Å². The number of benzene rings is 2. The first kappa shape index (κ1) is 21.6. The second-order valence-electron chi connectivity index (χ2n) is 6.60. The number of anilines is 3. The summed E-state index contributed by atoms with van der Waals surface area (Å²) in [5.41, 5.74) is 2.39. The maximum atomic E-state index is 13.3. The summed E-state index contributed by atoms with van der Waals surface area (Å²) in [5, 5.41) is 5.09. The predicted octanol–water partition coefficient (Wildman–Crippen LogP) is 5.78. The molecule has 1 aromatic heterocycles. The highest BCUT2D eigenvalue weighted by Gasteiger charge is 2.30. The van der Waals surface area contributed by atoms with Gasteiger partial charge in [-0.05, 0) is 43.0 Å². The normalized spacial score (nSPS) is 13.5. The Kier molecular flexibility index (Phi) is 6.48. The van der Waals surface area contributed by atoms with E-state index < -0.39 is 5.91 Å². The van der Waals surface area contributed by atoms with Crippen LogP contribution in [0.4, 0.5) is 17.5 Å². The van der Waals surface area contributed by atoms with E-state index in [9.17, 15) is 4.79 Å². The molecule has 2 heterocycles. The van der Waals surface area contributed by atoms with Gasteiger partial charge in [-0.1, -0.05) is 41.4 Å². The minimum absolute atomic E-state index is 0.345. The van der Waals surface area contributed by atoms with Crippen molar-refractivity contribution in [3.63, 3.8) is 0 Å². The third kappa shape index (κ3) is 4.41. The quantitative estimate of drug-likeness (QED) is 0.474. The topological polar surface area (TPSA) is 67.3 Å². The average molecular weight is 473 g/mol. The van der Waals surface area contributed by atoms with Crippen molar-refractivity contribution in [1.82, 2.24) is 9.97 Å². The van der Waals surface area contributed by atoms with Gasteiger partial charge in [-0.2, -0.15) is 10.0 Å². The third-order valence-corrected chi connectivity index (χ3v) is 6.07. The lowest BCUT2D eigenvalue weighted by molar-refractivity contribution is -0.119. The molecule has 0 atom stereocenters. The van der Waals surface area contributed by atoms with Gasteiger partial charge in [0, 0.05) is 33.5 Å². The van der Waals surface area contributed by atoms with E-state index in [0.29, 0.717) is 39.4 Å². The number of halogens is 2. The van der Waals surface area contributed by atoms with Gasteiger partial charge in [0.1, 0.15) is 0 Å². The lowest BCUT2D eigenvalue weighted by Gasteiger charge is -2.21. The molecule has 0 saturated carbocycles. The molecular weight excluding hydrogens is 455 g/mol. The molecule has 0 spiro atoms. The number of nitrogens with zero attached hydrogens (tertiary/aromatic N) is 3. The van der Waals surface area contributed by atoms with Crippen molar-refractivity contribution in [3.8, 4) is 0 Å². The van der Waals surface area contributed by atoms with Crippen LogP contribution in [0.15, 0.2) is 59.6 Å². The van der Waals surface area contributed by atoms with Crippen molar-refractivity contribution in [1.29, 1.82) is 0 Å². The van der Waals surface area contributed by atoms with E-state index in [0.717, 1.165) is 21.2 Å². The van der Waals surface area contributed by atoms with Gasteiger partial charge in [-0.15, -0.1) is 11.8 Å². The number of rotatable bonds is 5. The number of hydrogen-bond acceptors (Lipinski definition) is 6. The highest BCUT2D eigenvalue weighted by molar-refractivity contribution is 7.98. The molecule has 0 fully saturated rings. The van der Waals surface area contributed by atoms with Crippen molar-refractivity contribution in [2.45, 2.75) is 11.3 Å². The Balaban J connectivity index is 1.70. The number of thioether (sulfide) groups is 1. The van der Waals surface area contributed by atoms with Crippen LogP contribution in [0.2, 0.25) is 10.0 Å². The summed E-state index contributed by atoms with van der Waals surface area (Å²) in [6, 6.07) is 13.0. The van der Waals surface area contributed by atoms with E-state index >= 15 is 0 Å². The summed E-state index contributed by atoms with van der Waals surface area (Å²) in [7, 11) is 1.41. The van der Waals surface area contributed by atoms with Gasteiger partial charge < -0.3 is 5.32 Å². The smallest absolute Gasteiger partial charge is 0.284 e. The Labute approximate surface area is 194 Å². The molecule has 158 valence electrons. The average Bonchev–Trinajstić information content (AvgIpc) is 2.90. The molecule has 0 radical (unpaired) electrons. The molecule has 1 N–H and O–H groups in total. The molecule has 1 aliphatic heterocycles. The van der Waals surface area contributed by atoms with Gasteiger partial charge in [0.25, 0.3) is 5.91 Å². The fourth-order valence-corrected chi connectivity index (χ4v) is 4.31. The molecular formula is C22H18Cl2N4O2S. The largest absolute Gasteiger partial charge is 0.324 e. The minimum atomic E-state index is -0.412. The number of allylic oxidation sites excluding steroid dienone is 1. The van der Waals surface area contributed by atoms with Crippen LogP contribution >= 0.6 is 35.0 Å². The lowest BCUT2D eigenvalue weighted by atomic mass is 10.0. The van der Waals surface area contributed by atoms with E-state index in [1.165, 1.54) is 7.11 Å². The van der Waals surface area contributed by atoms with Crippen LogP contribution in [-0.2, 0) is 16.1 Å². The van der Waals surface area contributed by atoms with Gasteiger partial charge in [0.2, 0.25) is 5.95 Å². The lowest BCUT2D eigenvalue weighted by Crippen LogP contribution is -2.31.